The van der Waals surface area contributed by atoms with Crippen molar-refractivity contribution in [2.75, 3.05) is 7.11 Å². The van der Waals surface area contributed by atoms with E-state index in [4.69, 9.17) is 9.47 Å². The smallest absolute Gasteiger partial charge is 0.408 e. The molecule has 2 aromatic rings. The van der Waals surface area contributed by atoms with Gasteiger partial charge in [0.25, 0.3) is 0 Å². The Morgan fingerprint density at radius 1 is 1.39 bits per heavy atom. The normalized spacial score (nSPS) is 13.0. The molecule has 0 radical (unpaired) electrons. The maximum Gasteiger partial charge on any atom is 0.408 e. The van der Waals surface area contributed by atoms with Crippen LogP contribution in [-0.4, -0.2) is 28.4 Å². The number of nitrogens with one attached hydrogen (secondary N) is 1. The third kappa shape index (κ3) is 3.75. The maximum atomic E-state index is 12.0. The lowest BCUT2D eigenvalue weighted by molar-refractivity contribution is 0.0505. The zero-order chi connectivity index (χ0) is 17.2. The van der Waals surface area contributed by atoms with E-state index in [9.17, 15) is 4.79 Å². The summed E-state index contributed by atoms with van der Waals surface area (Å²) in [5, 5.41) is 2.84. The Morgan fingerprint density at radius 3 is 2.65 bits per heavy atom. The van der Waals surface area contributed by atoms with Crippen LogP contribution in [-0.2, 0) is 11.3 Å². The first kappa shape index (κ1) is 17.1. The van der Waals surface area contributed by atoms with Crippen molar-refractivity contribution in [3.05, 3.63) is 24.0 Å². The first-order valence-corrected chi connectivity index (χ1v) is 7.79. The number of aryl methyl sites for hydroxylation is 1. The molecule has 23 heavy (non-hydrogen) atoms. The molecule has 0 aliphatic heterocycles. The molecule has 1 amide bonds. The van der Waals surface area contributed by atoms with Crippen molar-refractivity contribution in [3.63, 3.8) is 0 Å². The fraction of sp³-hybridized carbons (Fsp3) is 0.529. The summed E-state index contributed by atoms with van der Waals surface area (Å²) in [5.74, 6) is 1.55. The summed E-state index contributed by atoms with van der Waals surface area (Å²) in [6.07, 6.45) is -0.452. The Hall–Kier alpha value is -2.24. The van der Waals surface area contributed by atoms with Crippen LogP contribution in [0.2, 0.25) is 0 Å². The number of para-hydroxylation sites is 1. The van der Waals surface area contributed by atoms with Gasteiger partial charge in [0.2, 0.25) is 0 Å². The lowest BCUT2D eigenvalue weighted by Gasteiger charge is -2.22. The molecule has 1 aromatic heterocycles. The first-order chi connectivity index (χ1) is 10.8. The van der Waals surface area contributed by atoms with Gasteiger partial charge in [-0.1, -0.05) is 6.07 Å². The number of ether oxygens (including phenoxy) is 2. The number of hydrogen-bond acceptors (Lipinski definition) is 4. The molecule has 2 rings (SSSR count). The Morgan fingerprint density at radius 2 is 2.09 bits per heavy atom. The predicted octanol–water partition coefficient (Wildman–Crippen LogP) is 3.65. The highest BCUT2D eigenvalue weighted by molar-refractivity contribution is 5.83. The van der Waals surface area contributed by atoms with Gasteiger partial charge < -0.3 is 19.4 Å². The lowest BCUT2D eigenvalue weighted by Crippen LogP contribution is -2.34. The van der Waals surface area contributed by atoms with Crippen molar-refractivity contribution in [1.82, 2.24) is 14.9 Å². The van der Waals surface area contributed by atoms with E-state index < -0.39 is 11.7 Å². The molecule has 0 spiro atoms. The van der Waals surface area contributed by atoms with E-state index in [1.165, 1.54) is 0 Å². The summed E-state index contributed by atoms with van der Waals surface area (Å²) >= 11 is 0. The van der Waals surface area contributed by atoms with Gasteiger partial charge in [-0.25, -0.2) is 9.78 Å². The highest BCUT2D eigenvalue weighted by atomic mass is 16.6. The largest absolute Gasteiger partial charge is 0.494 e. The van der Waals surface area contributed by atoms with Gasteiger partial charge in [-0.15, -0.1) is 0 Å². The zero-order valence-corrected chi connectivity index (χ0v) is 14.6. The summed E-state index contributed by atoms with van der Waals surface area (Å²) in [6.45, 7) is 10.2. The number of aromatic nitrogens is 2. The molecular formula is C17H25N3O3. The highest BCUT2D eigenvalue weighted by Gasteiger charge is 2.22. The van der Waals surface area contributed by atoms with Crippen LogP contribution in [0.3, 0.4) is 0 Å². The number of nitrogens with zero attached hydrogens (tertiary/aromatic N) is 2. The average molecular weight is 319 g/mol. The van der Waals surface area contributed by atoms with Crippen molar-refractivity contribution in [2.24, 2.45) is 0 Å². The van der Waals surface area contributed by atoms with Crippen LogP contribution in [0.5, 0.6) is 5.75 Å². The van der Waals surface area contributed by atoms with Crippen LogP contribution < -0.4 is 10.1 Å². The van der Waals surface area contributed by atoms with Gasteiger partial charge in [-0.05, 0) is 46.8 Å². The lowest BCUT2D eigenvalue weighted by atomic mass is 10.2. The standard InChI is InChI=1S/C17H25N3O3/c1-7-20-14-12(9-8-10-13(14)22-6)19-15(20)11(2)18-16(21)23-17(3,4)5/h8-11H,7H2,1-6H3,(H,18,21)/t11-/m1/s1. The molecule has 1 N–H and O–H groups in total. The first-order valence-electron chi connectivity index (χ1n) is 7.79. The summed E-state index contributed by atoms with van der Waals surface area (Å²) in [7, 11) is 1.64. The number of benzene rings is 1. The van der Waals surface area contributed by atoms with Gasteiger partial charge in [0, 0.05) is 6.54 Å². The van der Waals surface area contributed by atoms with Crippen LogP contribution in [0.1, 0.15) is 46.5 Å². The van der Waals surface area contributed by atoms with Gasteiger partial charge in [0.15, 0.2) is 0 Å². The predicted molar refractivity (Wildman–Crippen MR) is 89.7 cm³/mol. The number of carbonyl (C=O) groups excluding carboxylic acids is 1. The van der Waals surface area contributed by atoms with Crippen LogP contribution in [0.25, 0.3) is 11.0 Å². The van der Waals surface area contributed by atoms with Gasteiger partial charge in [0.1, 0.15) is 22.7 Å². The maximum absolute atomic E-state index is 12.0. The number of alkyl carbamates (subject to hydrolysis) is 1. The Kier molecular flexibility index (Phi) is 4.82. The summed E-state index contributed by atoms with van der Waals surface area (Å²) in [5.41, 5.74) is 1.25. The van der Waals surface area contributed by atoms with Gasteiger partial charge in [-0.3, -0.25) is 0 Å². The van der Waals surface area contributed by atoms with Crippen LogP contribution in [0.15, 0.2) is 18.2 Å². The number of methoxy groups -OCH3 is 1. The molecule has 0 saturated carbocycles. The quantitative estimate of drug-likeness (QED) is 0.934. The van der Waals surface area contributed by atoms with E-state index in [0.29, 0.717) is 0 Å². The molecule has 1 heterocycles. The third-order valence-corrected chi connectivity index (χ3v) is 3.42. The van der Waals surface area contributed by atoms with E-state index in [0.717, 1.165) is 29.2 Å². The number of amides is 1. The highest BCUT2D eigenvalue weighted by Crippen LogP contribution is 2.28. The second kappa shape index (κ2) is 6.48. The molecule has 0 aliphatic carbocycles. The molecule has 1 atom stereocenters. The minimum Gasteiger partial charge on any atom is -0.494 e. The minimum atomic E-state index is -0.530. The fourth-order valence-electron chi connectivity index (χ4n) is 2.53. The summed E-state index contributed by atoms with van der Waals surface area (Å²) < 4.78 is 12.8. The van der Waals surface area contributed by atoms with Gasteiger partial charge >= 0.3 is 6.09 Å². The molecule has 0 aliphatic rings. The molecule has 0 bridgehead atoms. The van der Waals surface area contributed by atoms with E-state index in [-0.39, 0.29) is 6.04 Å². The number of fused-ring (bicyclic) bond motifs is 1. The molecule has 0 unspecified atom stereocenters. The van der Waals surface area contributed by atoms with E-state index in [1.54, 1.807) is 7.11 Å². The number of carbonyl (C=O) groups is 1. The number of rotatable bonds is 4. The van der Waals surface area contributed by atoms with Crippen molar-refractivity contribution < 1.29 is 14.3 Å². The molecule has 0 saturated heterocycles. The number of hydrogen-bond donors (Lipinski definition) is 1. The van der Waals surface area contributed by atoms with Crippen molar-refractivity contribution in [3.8, 4) is 5.75 Å². The Bertz CT molecular complexity index is 701. The van der Waals surface area contributed by atoms with Crippen LogP contribution in [0, 0.1) is 0 Å². The van der Waals surface area contributed by atoms with Crippen LogP contribution in [0.4, 0.5) is 4.79 Å². The molecule has 6 heteroatoms. The minimum absolute atomic E-state index is 0.276. The molecular weight excluding hydrogens is 294 g/mol. The third-order valence-electron chi connectivity index (χ3n) is 3.42. The second-order valence-electron chi connectivity index (χ2n) is 6.41. The second-order valence-corrected chi connectivity index (χ2v) is 6.41. The van der Waals surface area contributed by atoms with Crippen LogP contribution >= 0.6 is 0 Å². The van der Waals surface area contributed by atoms with Gasteiger partial charge in [-0.2, -0.15) is 0 Å². The molecule has 126 valence electrons. The Labute approximate surface area is 136 Å². The van der Waals surface area contributed by atoms with E-state index >= 15 is 0 Å². The van der Waals surface area contributed by atoms with Gasteiger partial charge in [0.05, 0.1) is 18.7 Å². The molecule has 6 nitrogen and oxygen atoms in total. The summed E-state index contributed by atoms with van der Waals surface area (Å²) in [6, 6.07) is 5.48. The van der Waals surface area contributed by atoms with E-state index in [2.05, 4.69) is 14.9 Å². The zero-order valence-electron chi connectivity index (χ0n) is 14.6. The van der Waals surface area contributed by atoms with Crippen molar-refractivity contribution >= 4 is 17.1 Å². The number of imidazole rings is 1. The monoisotopic (exact) mass is 319 g/mol. The molecule has 1 aromatic carbocycles. The van der Waals surface area contributed by atoms with Crippen molar-refractivity contribution in [2.45, 2.75) is 52.8 Å². The average Bonchev–Trinajstić information content (AvgIpc) is 2.83. The SMILES string of the molecule is CCn1c([C@@H](C)NC(=O)OC(C)(C)C)nc2cccc(OC)c21. The Balaban J connectivity index is 2.34. The van der Waals surface area contributed by atoms with E-state index in [1.807, 2.05) is 52.8 Å². The van der Waals surface area contributed by atoms with Crippen molar-refractivity contribution in [1.29, 1.82) is 0 Å². The summed E-state index contributed by atoms with van der Waals surface area (Å²) in [4.78, 5) is 16.6. The topological polar surface area (TPSA) is 65.4 Å². The fourth-order valence-corrected chi connectivity index (χ4v) is 2.53. The molecule has 0 fully saturated rings.